The Morgan fingerprint density at radius 2 is 1.72 bits per heavy atom. The SMILES string of the molecule is COc1cc(I)c(C(=O)N(C)CCOc2ccc(F)cc2)cc1OC. The van der Waals surface area contributed by atoms with Crippen LogP contribution in [0.4, 0.5) is 4.39 Å². The molecule has 2 rings (SSSR count). The van der Waals surface area contributed by atoms with Crippen LogP contribution in [0.3, 0.4) is 0 Å². The van der Waals surface area contributed by atoms with Crippen LogP contribution >= 0.6 is 22.6 Å². The predicted molar refractivity (Wildman–Crippen MR) is 101 cm³/mol. The summed E-state index contributed by atoms with van der Waals surface area (Å²) in [5.74, 6) is 1.17. The maximum absolute atomic E-state index is 12.9. The lowest BCUT2D eigenvalue weighted by Gasteiger charge is -2.19. The first-order valence-corrected chi connectivity index (χ1v) is 8.59. The number of hydrogen-bond acceptors (Lipinski definition) is 4. The molecule has 0 heterocycles. The van der Waals surface area contributed by atoms with Gasteiger partial charge in [-0.3, -0.25) is 4.79 Å². The predicted octanol–water partition coefficient (Wildman–Crippen LogP) is 3.60. The van der Waals surface area contributed by atoms with Crippen molar-refractivity contribution in [1.82, 2.24) is 4.90 Å². The molecule has 0 atom stereocenters. The van der Waals surface area contributed by atoms with Gasteiger partial charge < -0.3 is 19.1 Å². The van der Waals surface area contributed by atoms with Crippen LogP contribution in [0.1, 0.15) is 10.4 Å². The van der Waals surface area contributed by atoms with Gasteiger partial charge in [0.25, 0.3) is 5.91 Å². The molecule has 2 aromatic carbocycles. The number of hydrogen-bond donors (Lipinski definition) is 0. The fourth-order valence-electron chi connectivity index (χ4n) is 2.16. The fourth-order valence-corrected chi connectivity index (χ4v) is 2.83. The van der Waals surface area contributed by atoms with Gasteiger partial charge in [-0.1, -0.05) is 0 Å². The molecule has 2 aromatic rings. The topological polar surface area (TPSA) is 48.0 Å². The molecule has 0 saturated carbocycles. The zero-order valence-electron chi connectivity index (χ0n) is 14.2. The van der Waals surface area contributed by atoms with Crippen molar-refractivity contribution in [2.45, 2.75) is 0 Å². The monoisotopic (exact) mass is 459 g/mol. The lowest BCUT2D eigenvalue weighted by atomic mass is 10.1. The number of likely N-dealkylation sites (N-methyl/N-ethyl adjacent to an activating group) is 1. The van der Waals surface area contributed by atoms with Crippen LogP contribution in [-0.2, 0) is 0 Å². The number of benzene rings is 2. The minimum atomic E-state index is -0.317. The van der Waals surface area contributed by atoms with Crippen molar-refractivity contribution in [2.75, 3.05) is 34.4 Å². The van der Waals surface area contributed by atoms with Crippen molar-refractivity contribution >= 4 is 28.5 Å². The summed E-state index contributed by atoms with van der Waals surface area (Å²) in [7, 11) is 4.77. The van der Waals surface area contributed by atoms with E-state index >= 15 is 0 Å². The Morgan fingerprint density at radius 1 is 1.12 bits per heavy atom. The number of rotatable bonds is 7. The van der Waals surface area contributed by atoms with Crippen molar-refractivity contribution in [2.24, 2.45) is 0 Å². The average Bonchev–Trinajstić information content (AvgIpc) is 2.62. The molecule has 0 unspecified atom stereocenters. The average molecular weight is 459 g/mol. The first-order chi connectivity index (χ1) is 12.0. The molecular weight excluding hydrogens is 440 g/mol. The van der Waals surface area contributed by atoms with Gasteiger partial charge in [-0.15, -0.1) is 0 Å². The molecule has 0 fully saturated rings. The third-order valence-electron chi connectivity index (χ3n) is 3.56. The molecule has 1 amide bonds. The number of halogens is 2. The summed E-state index contributed by atoms with van der Waals surface area (Å²) in [4.78, 5) is 14.2. The first kappa shape index (κ1) is 19.3. The van der Waals surface area contributed by atoms with Gasteiger partial charge >= 0.3 is 0 Å². The summed E-state index contributed by atoms with van der Waals surface area (Å²) in [5.41, 5.74) is 0.530. The zero-order valence-corrected chi connectivity index (χ0v) is 16.4. The van der Waals surface area contributed by atoms with Crippen LogP contribution in [0.15, 0.2) is 36.4 Å². The molecule has 0 aliphatic rings. The van der Waals surface area contributed by atoms with Crippen molar-refractivity contribution in [3.8, 4) is 17.2 Å². The van der Waals surface area contributed by atoms with E-state index in [4.69, 9.17) is 14.2 Å². The highest BCUT2D eigenvalue weighted by molar-refractivity contribution is 14.1. The molecule has 134 valence electrons. The van der Waals surface area contributed by atoms with Gasteiger partial charge in [0.2, 0.25) is 0 Å². The molecule has 0 aliphatic heterocycles. The second kappa shape index (κ2) is 8.89. The molecule has 7 heteroatoms. The Balaban J connectivity index is 2.00. The highest BCUT2D eigenvalue weighted by Gasteiger charge is 2.18. The molecule has 0 radical (unpaired) electrons. The van der Waals surface area contributed by atoms with Crippen LogP contribution in [0.2, 0.25) is 0 Å². The molecule has 0 aromatic heterocycles. The van der Waals surface area contributed by atoms with Crippen molar-refractivity contribution in [3.05, 3.63) is 51.3 Å². The summed E-state index contributed by atoms with van der Waals surface area (Å²) >= 11 is 2.09. The first-order valence-electron chi connectivity index (χ1n) is 7.51. The van der Waals surface area contributed by atoms with Crippen molar-refractivity contribution < 1.29 is 23.4 Å². The van der Waals surface area contributed by atoms with E-state index in [2.05, 4.69) is 22.6 Å². The van der Waals surface area contributed by atoms with Gasteiger partial charge in [0.05, 0.1) is 26.3 Å². The Hall–Kier alpha value is -2.03. The van der Waals surface area contributed by atoms with E-state index in [1.807, 2.05) is 0 Å². The lowest BCUT2D eigenvalue weighted by molar-refractivity contribution is 0.0772. The minimum Gasteiger partial charge on any atom is -0.493 e. The van der Waals surface area contributed by atoms with Crippen LogP contribution in [0.5, 0.6) is 17.2 Å². The van der Waals surface area contributed by atoms with E-state index in [0.29, 0.717) is 36.0 Å². The zero-order chi connectivity index (χ0) is 18.4. The van der Waals surface area contributed by atoms with Gasteiger partial charge in [0, 0.05) is 10.6 Å². The van der Waals surface area contributed by atoms with E-state index in [1.54, 1.807) is 43.3 Å². The van der Waals surface area contributed by atoms with Crippen LogP contribution < -0.4 is 14.2 Å². The van der Waals surface area contributed by atoms with Crippen LogP contribution in [-0.4, -0.2) is 45.2 Å². The molecule has 0 spiro atoms. The number of methoxy groups -OCH3 is 2. The van der Waals surface area contributed by atoms with Crippen molar-refractivity contribution in [1.29, 1.82) is 0 Å². The smallest absolute Gasteiger partial charge is 0.254 e. The molecule has 25 heavy (non-hydrogen) atoms. The lowest BCUT2D eigenvalue weighted by Crippen LogP contribution is -2.31. The maximum atomic E-state index is 12.9. The highest BCUT2D eigenvalue weighted by Crippen LogP contribution is 2.31. The van der Waals surface area contributed by atoms with E-state index in [0.717, 1.165) is 3.57 Å². The van der Waals surface area contributed by atoms with E-state index in [9.17, 15) is 9.18 Å². The fraction of sp³-hybridized carbons (Fsp3) is 0.278. The van der Waals surface area contributed by atoms with E-state index in [1.165, 1.54) is 19.2 Å². The van der Waals surface area contributed by atoms with Gasteiger partial charge in [0.15, 0.2) is 11.5 Å². The maximum Gasteiger partial charge on any atom is 0.254 e. The van der Waals surface area contributed by atoms with Gasteiger partial charge in [0.1, 0.15) is 18.2 Å². The third kappa shape index (κ3) is 4.97. The summed E-state index contributed by atoms with van der Waals surface area (Å²) in [6.07, 6.45) is 0. The Bertz CT molecular complexity index is 737. The molecule has 5 nitrogen and oxygen atoms in total. The Morgan fingerprint density at radius 3 is 2.32 bits per heavy atom. The van der Waals surface area contributed by atoms with Gasteiger partial charge in [-0.05, 0) is 59.0 Å². The van der Waals surface area contributed by atoms with Crippen LogP contribution in [0, 0.1) is 9.39 Å². The molecule has 0 saturated heterocycles. The third-order valence-corrected chi connectivity index (χ3v) is 4.45. The van der Waals surface area contributed by atoms with Crippen LogP contribution in [0.25, 0.3) is 0 Å². The second-order valence-corrected chi connectivity index (χ2v) is 6.38. The standard InChI is InChI=1S/C18H19FINO4/c1-21(8-9-25-13-6-4-12(19)5-7-13)18(22)14-10-16(23-2)17(24-3)11-15(14)20/h4-7,10-11H,8-9H2,1-3H3. The summed E-state index contributed by atoms with van der Waals surface area (Å²) in [6, 6.07) is 9.19. The molecule has 0 N–H and O–H groups in total. The summed E-state index contributed by atoms with van der Waals surface area (Å²) in [5, 5.41) is 0. The van der Waals surface area contributed by atoms with Gasteiger partial charge in [-0.2, -0.15) is 0 Å². The number of amides is 1. The molecule has 0 bridgehead atoms. The molecule has 0 aliphatic carbocycles. The highest BCUT2D eigenvalue weighted by atomic mass is 127. The van der Waals surface area contributed by atoms with Gasteiger partial charge in [-0.25, -0.2) is 4.39 Å². The normalized spacial score (nSPS) is 10.3. The molecular formula is C18H19FINO4. The second-order valence-electron chi connectivity index (χ2n) is 5.22. The number of nitrogens with zero attached hydrogens (tertiary/aromatic N) is 1. The van der Waals surface area contributed by atoms with E-state index < -0.39 is 0 Å². The summed E-state index contributed by atoms with van der Waals surface area (Å²) < 4.78 is 29.6. The number of ether oxygens (including phenoxy) is 3. The quantitative estimate of drug-likeness (QED) is 0.594. The summed E-state index contributed by atoms with van der Waals surface area (Å²) in [6.45, 7) is 0.693. The number of carbonyl (C=O) groups excluding carboxylic acids is 1. The Labute approximate surface area is 159 Å². The van der Waals surface area contributed by atoms with E-state index in [-0.39, 0.29) is 11.7 Å². The largest absolute Gasteiger partial charge is 0.493 e. The minimum absolute atomic E-state index is 0.145. The van der Waals surface area contributed by atoms with Crippen molar-refractivity contribution in [3.63, 3.8) is 0 Å². The Kier molecular flexibility index (Phi) is 6.86. The number of carbonyl (C=O) groups is 1.